The van der Waals surface area contributed by atoms with Gasteiger partial charge in [-0.1, -0.05) is 22.8 Å². The predicted molar refractivity (Wildman–Crippen MR) is 140 cm³/mol. The Morgan fingerprint density at radius 3 is 2.82 bits per heavy atom. The molecule has 3 heterocycles. The third kappa shape index (κ3) is 5.55. The summed E-state index contributed by atoms with van der Waals surface area (Å²) in [6.45, 7) is 6.01. The Balaban J connectivity index is 1.52. The van der Waals surface area contributed by atoms with E-state index in [0.29, 0.717) is 29.0 Å². The number of carbonyl (C=O) groups excluding carboxylic acids is 1. The van der Waals surface area contributed by atoms with Crippen molar-refractivity contribution in [1.82, 2.24) is 25.3 Å². The number of aromatic nitrogens is 3. The Hall–Kier alpha value is -3.78. The zero-order chi connectivity index (χ0) is 27.4. The molecule has 0 radical (unpaired) electrons. The molecule has 38 heavy (non-hydrogen) atoms. The number of aliphatic hydroxyl groups excluding tert-OH is 1. The van der Waals surface area contributed by atoms with E-state index in [-0.39, 0.29) is 12.4 Å². The van der Waals surface area contributed by atoms with Gasteiger partial charge in [0.2, 0.25) is 0 Å². The van der Waals surface area contributed by atoms with Gasteiger partial charge in [0.25, 0.3) is 5.91 Å². The molecule has 14 heteroatoms. The standard InChI is InChI=1S/C24H29ClN8O5/c1-12-7-16(38-32-12)36-10-13-5-6-15(25)8-14(13)9-30-21(27-2)18-22(28-3)33(11-31-18)24-19(34)17(26)20(37-24)23(35)29-4/h5-8,11,17,19-20,24,34H,3,9-10,26H2,1-2,4H3,(H,27,30)(H,29,35)/t17?,19?,20-,24+/m0/s1. The zero-order valence-corrected chi connectivity index (χ0v) is 21.8. The number of likely N-dealkylation sites (N-methyl/N-ethyl adjacent to an activating group) is 1. The average molecular weight is 545 g/mol. The Labute approximate surface area is 223 Å². The normalized spacial score (nSPS) is 21.4. The molecule has 1 fully saturated rings. The number of hydrogen-bond donors (Lipinski definition) is 4. The highest BCUT2D eigenvalue weighted by Gasteiger charge is 2.46. The van der Waals surface area contributed by atoms with Gasteiger partial charge in [-0.3, -0.25) is 14.4 Å². The minimum atomic E-state index is -1.18. The molecule has 2 unspecified atom stereocenters. The Morgan fingerprint density at radius 1 is 1.37 bits per heavy atom. The summed E-state index contributed by atoms with van der Waals surface area (Å²) in [7, 11) is 3.06. The lowest BCUT2D eigenvalue weighted by molar-refractivity contribution is -0.134. The highest BCUT2D eigenvalue weighted by molar-refractivity contribution is 6.30. The molecule has 202 valence electrons. The first kappa shape index (κ1) is 27.3. The van der Waals surface area contributed by atoms with Gasteiger partial charge in [0, 0.05) is 31.7 Å². The van der Waals surface area contributed by atoms with Crippen LogP contribution < -0.4 is 21.1 Å². The highest BCUT2D eigenvalue weighted by atomic mass is 35.5. The van der Waals surface area contributed by atoms with Crippen LogP contribution in [0.15, 0.2) is 45.1 Å². The molecule has 1 aromatic carbocycles. The lowest BCUT2D eigenvalue weighted by atomic mass is 10.1. The van der Waals surface area contributed by atoms with E-state index < -0.39 is 30.4 Å². The van der Waals surface area contributed by atoms with Crippen LogP contribution in [-0.4, -0.2) is 70.6 Å². The van der Waals surface area contributed by atoms with Gasteiger partial charge in [0.05, 0.1) is 18.1 Å². The molecule has 3 aromatic rings. The summed E-state index contributed by atoms with van der Waals surface area (Å²) in [4.78, 5) is 24.9. The molecule has 4 atom stereocenters. The van der Waals surface area contributed by atoms with E-state index in [1.807, 2.05) is 12.1 Å². The molecule has 13 nitrogen and oxygen atoms in total. The molecule has 1 amide bonds. The van der Waals surface area contributed by atoms with Gasteiger partial charge in [-0.15, -0.1) is 0 Å². The van der Waals surface area contributed by atoms with Gasteiger partial charge >= 0.3 is 5.95 Å². The number of rotatable bonds is 9. The molecular formula is C24H29ClN8O5. The van der Waals surface area contributed by atoms with Crippen LogP contribution in [0.1, 0.15) is 28.7 Å². The molecule has 2 aromatic heterocycles. The Kier molecular flexibility index (Phi) is 8.42. The lowest BCUT2D eigenvalue weighted by Gasteiger charge is -2.18. The van der Waals surface area contributed by atoms with Crippen LogP contribution in [0.3, 0.4) is 0 Å². The fraction of sp³-hybridized carbons (Fsp3) is 0.375. The summed E-state index contributed by atoms with van der Waals surface area (Å²) in [6, 6.07) is 6.22. The van der Waals surface area contributed by atoms with Crippen LogP contribution >= 0.6 is 11.6 Å². The monoisotopic (exact) mass is 544 g/mol. The van der Waals surface area contributed by atoms with Crippen molar-refractivity contribution >= 4 is 35.9 Å². The second kappa shape index (κ2) is 11.7. The average Bonchev–Trinajstić information content (AvgIpc) is 3.61. The largest absolute Gasteiger partial charge is 0.459 e. The number of amides is 1. The van der Waals surface area contributed by atoms with Crippen molar-refractivity contribution in [2.75, 3.05) is 14.1 Å². The van der Waals surface area contributed by atoms with Gasteiger partial charge in [0.15, 0.2) is 24.0 Å². The minimum Gasteiger partial charge on any atom is -0.459 e. The van der Waals surface area contributed by atoms with Crippen LogP contribution in [0.2, 0.25) is 5.02 Å². The molecular weight excluding hydrogens is 516 g/mol. The van der Waals surface area contributed by atoms with Crippen LogP contribution in [0.25, 0.3) is 0 Å². The summed E-state index contributed by atoms with van der Waals surface area (Å²) in [5, 5.41) is 20.8. The smallest absolute Gasteiger partial charge is 0.311 e. The van der Waals surface area contributed by atoms with E-state index in [1.165, 1.54) is 17.9 Å². The number of hydrogen-bond acceptors (Lipinski definition) is 10. The van der Waals surface area contributed by atoms with Gasteiger partial charge in [-0.05, 0) is 36.9 Å². The summed E-state index contributed by atoms with van der Waals surface area (Å²) in [5.41, 5.74) is 8.84. The van der Waals surface area contributed by atoms with Crippen molar-refractivity contribution in [3.05, 3.63) is 58.1 Å². The van der Waals surface area contributed by atoms with Crippen molar-refractivity contribution < 1.29 is 23.9 Å². The fourth-order valence-corrected chi connectivity index (χ4v) is 4.26. The van der Waals surface area contributed by atoms with Gasteiger partial charge < -0.3 is 35.5 Å². The Morgan fingerprint density at radius 2 is 2.16 bits per heavy atom. The van der Waals surface area contributed by atoms with Crippen molar-refractivity contribution in [3.63, 3.8) is 0 Å². The third-order valence-electron chi connectivity index (χ3n) is 6.06. The van der Waals surface area contributed by atoms with Crippen LogP contribution in [0.5, 0.6) is 5.95 Å². The van der Waals surface area contributed by atoms with Gasteiger partial charge in [-0.25, -0.2) is 9.98 Å². The number of benzene rings is 1. The number of carbonyl (C=O) groups is 1. The number of nitrogens with zero attached hydrogens (tertiary/aromatic N) is 5. The third-order valence-corrected chi connectivity index (χ3v) is 6.29. The number of nitrogens with one attached hydrogen (secondary N) is 2. The molecule has 1 saturated heterocycles. The Bertz CT molecular complexity index is 1340. The first-order valence-corrected chi connectivity index (χ1v) is 12.0. The van der Waals surface area contributed by atoms with Gasteiger partial charge in [0.1, 0.15) is 18.4 Å². The maximum Gasteiger partial charge on any atom is 0.311 e. The molecule has 0 spiro atoms. The summed E-state index contributed by atoms with van der Waals surface area (Å²) < 4.78 is 18.1. The number of aliphatic imine (C=N–C) groups is 2. The summed E-state index contributed by atoms with van der Waals surface area (Å²) >= 11 is 6.25. The van der Waals surface area contributed by atoms with E-state index in [2.05, 4.69) is 37.5 Å². The zero-order valence-electron chi connectivity index (χ0n) is 21.1. The number of ether oxygens (including phenoxy) is 2. The SMILES string of the molecule is C=Nc1c(/C(=N\C)NCc2cc(Cl)ccc2COc2cc(C)no2)ncn1[C@@H]1O[C@H](C(=O)NC)C(N)C1O. The number of halogens is 1. The van der Waals surface area contributed by atoms with Gasteiger partial charge in [-0.2, -0.15) is 0 Å². The quantitative estimate of drug-likeness (QED) is 0.228. The number of nitrogens with two attached hydrogens (primary N) is 1. The topological polar surface area (TPSA) is 174 Å². The molecule has 5 N–H and O–H groups in total. The molecule has 0 saturated carbocycles. The second-order valence-electron chi connectivity index (χ2n) is 8.53. The summed E-state index contributed by atoms with van der Waals surface area (Å²) in [5.74, 6) is 0.560. The molecule has 1 aliphatic heterocycles. The molecule has 4 rings (SSSR count). The maximum absolute atomic E-state index is 12.1. The fourth-order valence-electron chi connectivity index (χ4n) is 4.07. The van der Waals surface area contributed by atoms with E-state index >= 15 is 0 Å². The predicted octanol–water partition coefficient (Wildman–Crippen LogP) is 1.24. The minimum absolute atomic E-state index is 0.235. The number of aryl methyl sites for hydroxylation is 1. The lowest BCUT2D eigenvalue weighted by Crippen LogP contribution is -2.46. The second-order valence-corrected chi connectivity index (χ2v) is 8.96. The highest BCUT2D eigenvalue weighted by Crippen LogP contribution is 2.33. The number of aliphatic hydroxyl groups is 1. The van der Waals surface area contributed by atoms with E-state index in [9.17, 15) is 9.90 Å². The van der Waals surface area contributed by atoms with Crippen molar-refractivity contribution in [1.29, 1.82) is 0 Å². The molecule has 1 aliphatic rings. The molecule has 0 bridgehead atoms. The van der Waals surface area contributed by atoms with E-state index in [1.54, 1.807) is 26.1 Å². The van der Waals surface area contributed by atoms with Crippen molar-refractivity contribution in [3.8, 4) is 5.95 Å². The molecule has 0 aliphatic carbocycles. The summed E-state index contributed by atoms with van der Waals surface area (Å²) in [6.07, 6.45) is -1.79. The van der Waals surface area contributed by atoms with Crippen molar-refractivity contribution in [2.45, 2.75) is 44.6 Å². The van der Waals surface area contributed by atoms with Crippen LogP contribution in [0.4, 0.5) is 5.82 Å². The number of amidine groups is 1. The van der Waals surface area contributed by atoms with Crippen LogP contribution in [0, 0.1) is 6.92 Å². The van der Waals surface area contributed by atoms with E-state index in [4.69, 9.17) is 31.3 Å². The first-order valence-electron chi connectivity index (χ1n) is 11.7. The van der Waals surface area contributed by atoms with Crippen molar-refractivity contribution in [2.24, 2.45) is 15.7 Å². The van der Waals surface area contributed by atoms with Crippen LogP contribution in [-0.2, 0) is 22.7 Å². The first-order chi connectivity index (χ1) is 18.3. The maximum atomic E-state index is 12.1. The number of imidazole rings is 1. The van der Waals surface area contributed by atoms with E-state index in [0.717, 1.165) is 16.8 Å².